The van der Waals surface area contributed by atoms with E-state index in [9.17, 15) is 26.4 Å². The first-order chi connectivity index (χ1) is 12.5. The topological polar surface area (TPSA) is 54.5 Å². The summed E-state index contributed by atoms with van der Waals surface area (Å²) in [5.41, 5.74) is -3.18. The normalized spacial score (nSPS) is 14.9. The van der Waals surface area contributed by atoms with Crippen LogP contribution in [0.25, 0.3) is 5.57 Å². The predicted molar refractivity (Wildman–Crippen MR) is 105 cm³/mol. The molecule has 0 aliphatic carbocycles. The molecule has 0 atom stereocenters. The lowest BCUT2D eigenvalue weighted by molar-refractivity contribution is -0.0437. The summed E-state index contributed by atoms with van der Waals surface area (Å²) in [6.45, 7) is 1.02. The Balaban J connectivity index is 2.17. The van der Waals surface area contributed by atoms with E-state index in [2.05, 4.69) is 0 Å². The van der Waals surface area contributed by atoms with Gasteiger partial charge in [0.15, 0.2) is 5.78 Å². The minimum absolute atomic E-state index is 0.0270. The van der Waals surface area contributed by atoms with Crippen LogP contribution in [0.3, 0.4) is 0 Å². The van der Waals surface area contributed by atoms with Crippen LogP contribution < -0.4 is 4.31 Å². The molecule has 2 aromatic rings. The molecule has 0 bridgehead atoms. The molecule has 1 aliphatic heterocycles. The van der Waals surface area contributed by atoms with Crippen molar-refractivity contribution in [2.75, 3.05) is 10.8 Å². The fraction of sp³-hybridized carbons (Fsp3) is 0.167. The number of carbonyl (C=O) groups is 1. The molecular formula is C18H13F3INO3S. The molecule has 27 heavy (non-hydrogen) atoms. The van der Waals surface area contributed by atoms with Crippen molar-refractivity contribution in [2.24, 2.45) is 0 Å². The molecule has 0 radical (unpaired) electrons. The van der Waals surface area contributed by atoms with E-state index in [0.29, 0.717) is 30.1 Å². The molecule has 0 amide bonds. The first kappa shape index (κ1) is 19.9. The van der Waals surface area contributed by atoms with Crippen LogP contribution in [0.1, 0.15) is 28.4 Å². The minimum Gasteiger partial charge on any atom is -0.295 e. The number of fused-ring (bicyclic) bond motifs is 1. The number of ketones is 1. The summed E-state index contributed by atoms with van der Waals surface area (Å²) in [4.78, 5) is 11.4. The van der Waals surface area contributed by atoms with Crippen LogP contribution in [-0.2, 0) is 10.0 Å². The van der Waals surface area contributed by atoms with Gasteiger partial charge in [0.05, 0.1) is 12.2 Å². The standard InChI is InChI=1S/C18H13F3INO3S/c1-11(24)12-6-8-13(9-7-12)17-14-4-2-3-5-16(14)23(10-15(17)22)27(25,26)18(19,20)21/h2-9H,10H2,1H3. The summed E-state index contributed by atoms with van der Waals surface area (Å²) < 4.78 is 64.2. The third kappa shape index (κ3) is 3.49. The molecule has 1 aliphatic rings. The van der Waals surface area contributed by atoms with Crippen molar-refractivity contribution < 1.29 is 26.4 Å². The maximum absolute atomic E-state index is 13.1. The predicted octanol–water partition coefficient (Wildman–Crippen LogP) is 4.75. The quantitative estimate of drug-likeness (QED) is 0.445. The van der Waals surface area contributed by atoms with Gasteiger partial charge in [-0.3, -0.25) is 9.10 Å². The number of rotatable bonds is 3. The van der Waals surface area contributed by atoms with Crippen LogP contribution in [0.15, 0.2) is 52.1 Å². The fourth-order valence-electron chi connectivity index (χ4n) is 2.86. The molecule has 0 spiro atoms. The zero-order valence-corrected chi connectivity index (χ0v) is 16.9. The lowest BCUT2D eigenvalue weighted by atomic mass is 9.93. The van der Waals surface area contributed by atoms with E-state index < -0.39 is 22.1 Å². The number of anilines is 1. The van der Waals surface area contributed by atoms with Crippen LogP contribution in [0.4, 0.5) is 18.9 Å². The SMILES string of the molecule is CC(=O)c1ccc(C2=C(I)CN(S(=O)(=O)C(F)(F)F)c3ccccc32)cc1. The first-order valence-electron chi connectivity index (χ1n) is 7.72. The number of halogens is 4. The summed E-state index contributed by atoms with van der Waals surface area (Å²) in [7, 11) is -5.52. The highest BCUT2D eigenvalue weighted by atomic mass is 127. The van der Waals surface area contributed by atoms with E-state index in [1.807, 2.05) is 22.6 Å². The van der Waals surface area contributed by atoms with Gasteiger partial charge in [0, 0.05) is 20.3 Å². The Labute approximate surface area is 167 Å². The van der Waals surface area contributed by atoms with E-state index in [4.69, 9.17) is 0 Å². The van der Waals surface area contributed by atoms with Crippen molar-refractivity contribution >= 4 is 49.7 Å². The third-order valence-electron chi connectivity index (χ3n) is 4.16. The molecule has 142 valence electrons. The molecule has 3 rings (SSSR count). The number of carbonyl (C=O) groups excluding carboxylic acids is 1. The second-order valence-electron chi connectivity index (χ2n) is 5.89. The van der Waals surface area contributed by atoms with Crippen LogP contribution >= 0.6 is 22.6 Å². The van der Waals surface area contributed by atoms with Gasteiger partial charge in [-0.2, -0.15) is 21.6 Å². The monoisotopic (exact) mass is 507 g/mol. The van der Waals surface area contributed by atoms with Crippen LogP contribution in [0, 0.1) is 0 Å². The van der Waals surface area contributed by atoms with E-state index in [0.717, 1.165) is 0 Å². The molecule has 2 aromatic carbocycles. The van der Waals surface area contributed by atoms with Crippen LogP contribution in [-0.4, -0.2) is 26.3 Å². The van der Waals surface area contributed by atoms with Crippen LogP contribution in [0.2, 0.25) is 0 Å². The second-order valence-corrected chi connectivity index (χ2v) is 9.04. The number of Topliss-reactive ketones (excluding diaryl/α,β-unsaturated/α-hetero) is 1. The van der Waals surface area contributed by atoms with Gasteiger partial charge in [0.25, 0.3) is 0 Å². The maximum atomic E-state index is 13.1. The summed E-state index contributed by atoms with van der Waals surface area (Å²) in [6, 6.07) is 12.7. The second kappa shape index (κ2) is 6.93. The lowest BCUT2D eigenvalue weighted by Gasteiger charge is -2.32. The zero-order valence-electron chi connectivity index (χ0n) is 13.9. The number of sulfonamides is 1. The van der Waals surface area contributed by atoms with Crippen molar-refractivity contribution in [3.63, 3.8) is 0 Å². The average Bonchev–Trinajstić information content (AvgIpc) is 2.60. The van der Waals surface area contributed by atoms with Crippen molar-refractivity contribution in [2.45, 2.75) is 12.4 Å². The fourth-order valence-corrected chi connectivity index (χ4v) is 5.00. The Kier molecular flexibility index (Phi) is 5.10. The molecule has 0 saturated carbocycles. The van der Waals surface area contributed by atoms with E-state index in [-0.39, 0.29) is 11.5 Å². The lowest BCUT2D eigenvalue weighted by Crippen LogP contribution is -2.43. The van der Waals surface area contributed by atoms with Gasteiger partial charge in [0.1, 0.15) is 0 Å². The Hall–Kier alpha value is -1.88. The molecule has 0 fully saturated rings. The van der Waals surface area contributed by atoms with Gasteiger partial charge >= 0.3 is 15.5 Å². The number of hydrogen-bond acceptors (Lipinski definition) is 3. The molecule has 1 heterocycles. The third-order valence-corrected chi connectivity index (χ3v) is 6.53. The van der Waals surface area contributed by atoms with Crippen molar-refractivity contribution in [3.05, 3.63) is 68.8 Å². The number of para-hydroxylation sites is 1. The highest BCUT2D eigenvalue weighted by Crippen LogP contribution is 2.44. The van der Waals surface area contributed by atoms with Crippen molar-refractivity contribution in [1.29, 1.82) is 0 Å². The smallest absolute Gasteiger partial charge is 0.295 e. The van der Waals surface area contributed by atoms with Gasteiger partial charge in [0.2, 0.25) is 0 Å². The van der Waals surface area contributed by atoms with Gasteiger partial charge in [-0.1, -0.05) is 42.5 Å². The Bertz CT molecular complexity index is 1040. The summed E-state index contributed by atoms with van der Waals surface area (Å²) >= 11 is 1.86. The highest BCUT2D eigenvalue weighted by Gasteiger charge is 2.51. The van der Waals surface area contributed by atoms with E-state index >= 15 is 0 Å². The maximum Gasteiger partial charge on any atom is 0.516 e. The van der Waals surface area contributed by atoms with Gasteiger partial charge in [-0.15, -0.1) is 0 Å². The summed E-state index contributed by atoms with van der Waals surface area (Å²) in [5, 5.41) is 0. The number of nitrogens with zero attached hydrogens (tertiary/aromatic N) is 1. The number of alkyl halides is 3. The van der Waals surface area contributed by atoms with Gasteiger partial charge < -0.3 is 0 Å². The largest absolute Gasteiger partial charge is 0.516 e. The molecule has 0 N–H and O–H groups in total. The van der Waals surface area contributed by atoms with Crippen molar-refractivity contribution in [3.8, 4) is 0 Å². The van der Waals surface area contributed by atoms with E-state index in [1.54, 1.807) is 36.4 Å². The Morgan fingerprint density at radius 1 is 1.07 bits per heavy atom. The Morgan fingerprint density at radius 3 is 2.22 bits per heavy atom. The summed E-state index contributed by atoms with van der Waals surface area (Å²) in [6.07, 6.45) is 0. The number of benzene rings is 2. The van der Waals surface area contributed by atoms with E-state index in [1.165, 1.54) is 19.1 Å². The molecule has 4 nitrogen and oxygen atoms in total. The molecular weight excluding hydrogens is 494 g/mol. The molecule has 0 aromatic heterocycles. The Morgan fingerprint density at radius 2 is 1.67 bits per heavy atom. The zero-order chi connectivity index (χ0) is 20.0. The van der Waals surface area contributed by atoms with Gasteiger partial charge in [-0.25, -0.2) is 0 Å². The molecule has 0 saturated heterocycles. The molecule has 0 unspecified atom stereocenters. The van der Waals surface area contributed by atoms with Gasteiger partial charge in [-0.05, 0) is 41.1 Å². The van der Waals surface area contributed by atoms with Crippen molar-refractivity contribution in [1.82, 2.24) is 0 Å². The number of hydrogen-bond donors (Lipinski definition) is 0. The van der Waals surface area contributed by atoms with Crippen LogP contribution in [0.5, 0.6) is 0 Å². The average molecular weight is 507 g/mol. The minimum atomic E-state index is -5.52. The summed E-state index contributed by atoms with van der Waals surface area (Å²) in [5.74, 6) is -0.100. The first-order valence-corrected chi connectivity index (χ1v) is 10.2. The highest BCUT2D eigenvalue weighted by molar-refractivity contribution is 14.1. The molecule has 9 heteroatoms.